The Morgan fingerprint density at radius 3 is 2.68 bits per heavy atom. The Balaban J connectivity index is 0.00000225. The van der Waals surface area contributed by atoms with Crippen molar-refractivity contribution in [2.24, 2.45) is 4.99 Å². The van der Waals surface area contributed by atoms with Gasteiger partial charge in [0.15, 0.2) is 5.96 Å². The molecule has 0 aliphatic carbocycles. The number of thiophene rings is 1. The molecule has 0 fully saturated rings. The normalized spacial score (nSPS) is 11.0. The first kappa shape index (κ1) is 19.5. The lowest BCUT2D eigenvalue weighted by molar-refractivity contribution is 0.801. The van der Waals surface area contributed by atoms with Gasteiger partial charge >= 0.3 is 0 Å². The lowest BCUT2D eigenvalue weighted by atomic mass is 10.3. The Bertz CT molecular complexity index is 768. The van der Waals surface area contributed by atoms with Crippen LogP contribution in [0.25, 0.3) is 5.69 Å². The first-order valence-corrected chi connectivity index (χ1v) is 8.87. The quantitative estimate of drug-likeness (QED) is 0.330. The van der Waals surface area contributed by atoms with E-state index in [2.05, 4.69) is 45.2 Å². The number of hydrogen-bond donors (Lipinski definition) is 2. The molecule has 132 valence electrons. The van der Waals surface area contributed by atoms with E-state index in [1.165, 1.54) is 4.88 Å². The van der Waals surface area contributed by atoms with Gasteiger partial charge in [0, 0.05) is 17.6 Å². The molecule has 0 amide bonds. The van der Waals surface area contributed by atoms with E-state index in [1.54, 1.807) is 11.3 Å². The Kier molecular flexibility index (Phi) is 7.93. The van der Waals surface area contributed by atoms with Crippen LogP contribution < -0.4 is 10.6 Å². The lowest BCUT2D eigenvalue weighted by Gasteiger charge is -2.09. The lowest BCUT2D eigenvalue weighted by Crippen LogP contribution is -2.36. The number of nitrogens with one attached hydrogen (secondary N) is 2. The van der Waals surface area contributed by atoms with Crippen molar-refractivity contribution in [1.29, 1.82) is 0 Å². The van der Waals surface area contributed by atoms with E-state index in [0.29, 0.717) is 6.54 Å². The smallest absolute Gasteiger partial charge is 0.191 e. The second-order valence-electron chi connectivity index (χ2n) is 5.22. The number of benzene rings is 1. The summed E-state index contributed by atoms with van der Waals surface area (Å²) in [4.78, 5) is 5.90. The van der Waals surface area contributed by atoms with E-state index in [0.717, 1.165) is 30.4 Å². The van der Waals surface area contributed by atoms with Crippen LogP contribution in [0.3, 0.4) is 0 Å². The van der Waals surface area contributed by atoms with Gasteiger partial charge in [-0.1, -0.05) is 24.3 Å². The fourth-order valence-electron chi connectivity index (χ4n) is 2.26. The van der Waals surface area contributed by atoms with E-state index in [-0.39, 0.29) is 24.0 Å². The Morgan fingerprint density at radius 1 is 1.12 bits per heavy atom. The highest BCUT2D eigenvalue weighted by Crippen LogP contribution is 2.08. The molecule has 3 aromatic rings. The maximum Gasteiger partial charge on any atom is 0.191 e. The fourth-order valence-corrected chi connectivity index (χ4v) is 2.90. The van der Waals surface area contributed by atoms with E-state index < -0.39 is 0 Å². The van der Waals surface area contributed by atoms with Gasteiger partial charge < -0.3 is 10.6 Å². The molecule has 0 aliphatic heterocycles. The first-order valence-electron chi connectivity index (χ1n) is 7.99. The number of nitrogens with zero attached hydrogens (tertiary/aromatic N) is 3. The summed E-state index contributed by atoms with van der Waals surface area (Å²) in [5.41, 5.74) is 1.99. The summed E-state index contributed by atoms with van der Waals surface area (Å²) < 4.78 is 1.87. The second-order valence-corrected chi connectivity index (χ2v) is 6.25. The fraction of sp³-hybridized carbons (Fsp3) is 0.222. The number of hydrogen-bond acceptors (Lipinski definition) is 3. The van der Waals surface area contributed by atoms with Gasteiger partial charge in [-0.25, -0.2) is 9.67 Å². The van der Waals surface area contributed by atoms with Crippen molar-refractivity contribution in [2.45, 2.75) is 20.0 Å². The van der Waals surface area contributed by atoms with Gasteiger partial charge in [0.1, 0.15) is 0 Å². The van der Waals surface area contributed by atoms with Crippen molar-refractivity contribution >= 4 is 41.3 Å². The zero-order valence-electron chi connectivity index (χ0n) is 14.1. The largest absolute Gasteiger partial charge is 0.357 e. The number of aromatic nitrogens is 2. The van der Waals surface area contributed by atoms with Crippen molar-refractivity contribution in [2.75, 3.05) is 6.54 Å². The predicted octanol–water partition coefficient (Wildman–Crippen LogP) is 3.81. The molecule has 3 rings (SSSR count). The minimum Gasteiger partial charge on any atom is -0.357 e. The third kappa shape index (κ3) is 5.86. The van der Waals surface area contributed by atoms with Crippen molar-refractivity contribution < 1.29 is 0 Å². The van der Waals surface area contributed by atoms with Gasteiger partial charge in [0.25, 0.3) is 0 Å². The van der Waals surface area contributed by atoms with E-state index in [1.807, 2.05) is 47.3 Å². The number of rotatable bonds is 6. The van der Waals surface area contributed by atoms with Crippen molar-refractivity contribution in [3.63, 3.8) is 0 Å². The molecule has 0 aliphatic rings. The minimum absolute atomic E-state index is 0. The Hall–Kier alpha value is -1.87. The molecule has 2 N–H and O–H groups in total. The average molecular weight is 467 g/mol. The molecule has 7 heteroatoms. The van der Waals surface area contributed by atoms with E-state index in [9.17, 15) is 0 Å². The molecular weight excluding hydrogens is 445 g/mol. The number of halogens is 1. The predicted molar refractivity (Wildman–Crippen MR) is 115 cm³/mol. The van der Waals surface area contributed by atoms with E-state index in [4.69, 9.17) is 0 Å². The maximum absolute atomic E-state index is 4.61. The van der Waals surface area contributed by atoms with Crippen LogP contribution in [0.5, 0.6) is 0 Å². The van der Waals surface area contributed by atoms with Gasteiger partial charge in [-0.05, 0) is 36.6 Å². The molecule has 2 heterocycles. The zero-order chi connectivity index (χ0) is 16.6. The van der Waals surface area contributed by atoms with Crippen LogP contribution in [0.1, 0.15) is 17.5 Å². The summed E-state index contributed by atoms with van der Waals surface area (Å²) >= 11 is 1.74. The minimum atomic E-state index is 0. The molecule has 5 nitrogen and oxygen atoms in total. The molecular formula is C18H22IN5S. The zero-order valence-corrected chi connectivity index (χ0v) is 17.2. The van der Waals surface area contributed by atoms with Crippen LogP contribution in [0, 0.1) is 0 Å². The molecule has 1 aromatic carbocycles. The summed E-state index contributed by atoms with van der Waals surface area (Å²) in [6.07, 6.45) is 1.96. The van der Waals surface area contributed by atoms with Gasteiger partial charge in [-0.3, -0.25) is 0 Å². The van der Waals surface area contributed by atoms with Gasteiger partial charge in [0.05, 0.1) is 24.5 Å². The molecule has 0 saturated heterocycles. The van der Waals surface area contributed by atoms with Gasteiger partial charge in [0.2, 0.25) is 0 Å². The number of guanidine groups is 1. The highest BCUT2D eigenvalue weighted by Gasteiger charge is 2.02. The second kappa shape index (κ2) is 10.2. The van der Waals surface area contributed by atoms with Crippen LogP contribution in [0.2, 0.25) is 0 Å². The topological polar surface area (TPSA) is 54.2 Å². The highest BCUT2D eigenvalue weighted by atomic mass is 127. The monoisotopic (exact) mass is 467 g/mol. The third-order valence-electron chi connectivity index (χ3n) is 3.42. The molecule has 0 unspecified atom stereocenters. The molecule has 0 atom stereocenters. The molecule has 0 bridgehead atoms. The van der Waals surface area contributed by atoms with Gasteiger partial charge in [-0.15, -0.1) is 35.3 Å². The van der Waals surface area contributed by atoms with Crippen LogP contribution >= 0.6 is 35.3 Å². The van der Waals surface area contributed by atoms with Crippen LogP contribution in [-0.2, 0) is 13.1 Å². The van der Waals surface area contributed by atoms with Crippen LogP contribution in [-0.4, -0.2) is 22.3 Å². The Morgan fingerprint density at radius 2 is 1.96 bits per heavy atom. The number of para-hydroxylation sites is 1. The Labute approximate surface area is 169 Å². The van der Waals surface area contributed by atoms with Crippen molar-refractivity contribution in [3.8, 4) is 5.69 Å². The average Bonchev–Trinajstić information content (AvgIpc) is 3.30. The van der Waals surface area contributed by atoms with Gasteiger partial charge in [-0.2, -0.15) is 5.10 Å². The standard InChI is InChI=1S/C18H21N5S.HI/c1-2-19-18(21-14-17-9-6-12-24-17)20-13-15-10-11-23(22-15)16-7-4-3-5-8-16;/h3-12H,2,13-14H2,1H3,(H2,19,20,21);1H. The van der Waals surface area contributed by atoms with E-state index >= 15 is 0 Å². The highest BCUT2D eigenvalue weighted by molar-refractivity contribution is 14.0. The molecule has 2 aromatic heterocycles. The summed E-state index contributed by atoms with van der Waals surface area (Å²) in [6, 6.07) is 16.3. The van der Waals surface area contributed by atoms with Crippen LogP contribution in [0.15, 0.2) is 65.1 Å². The molecule has 25 heavy (non-hydrogen) atoms. The summed E-state index contributed by atoms with van der Waals surface area (Å²) in [6.45, 7) is 4.21. The molecule has 0 saturated carbocycles. The maximum atomic E-state index is 4.61. The third-order valence-corrected chi connectivity index (χ3v) is 4.29. The summed E-state index contributed by atoms with van der Waals surface area (Å²) in [5, 5.41) is 13.3. The summed E-state index contributed by atoms with van der Waals surface area (Å²) in [7, 11) is 0. The first-order chi connectivity index (χ1) is 11.8. The SMILES string of the molecule is CCNC(=NCc1ccn(-c2ccccc2)n1)NCc1cccs1.I. The molecule has 0 radical (unpaired) electrons. The molecule has 0 spiro atoms. The number of aliphatic imine (C=N–C) groups is 1. The summed E-state index contributed by atoms with van der Waals surface area (Å²) in [5.74, 6) is 0.806. The van der Waals surface area contributed by atoms with Crippen LogP contribution in [0.4, 0.5) is 0 Å². The van der Waals surface area contributed by atoms with Crippen molar-refractivity contribution in [3.05, 3.63) is 70.7 Å². The van der Waals surface area contributed by atoms with Crippen molar-refractivity contribution in [1.82, 2.24) is 20.4 Å².